The second kappa shape index (κ2) is 5.63. The monoisotopic (exact) mass is 277 g/mol. The fourth-order valence-electron chi connectivity index (χ4n) is 2.22. The van der Waals surface area contributed by atoms with E-state index in [1.54, 1.807) is 12.3 Å². The van der Waals surface area contributed by atoms with Crippen molar-refractivity contribution in [2.24, 2.45) is 0 Å². The maximum absolute atomic E-state index is 11.7. The molecule has 0 fully saturated rings. The van der Waals surface area contributed by atoms with Crippen LogP contribution in [0, 0.1) is 0 Å². The van der Waals surface area contributed by atoms with Gasteiger partial charge in [0.15, 0.2) is 0 Å². The van der Waals surface area contributed by atoms with Crippen LogP contribution in [0.1, 0.15) is 6.92 Å². The fourth-order valence-corrected chi connectivity index (χ4v) is 2.22. The summed E-state index contributed by atoms with van der Waals surface area (Å²) in [7, 11) is 0. The number of anilines is 1. The van der Waals surface area contributed by atoms with Crippen LogP contribution in [0.25, 0.3) is 22.2 Å². The van der Waals surface area contributed by atoms with Crippen LogP contribution in [0.3, 0.4) is 0 Å². The van der Waals surface area contributed by atoms with Gasteiger partial charge in [-0.25, -0.2) is 4.98 Å². The minimum Gasteiger partial charge on any atom is -0.344 e. The Balaban J connectivity index is 2.02. The van der Waals surface area contributed by atoms with Crippen molar-refractivity contribution in [3.63, 3.8) is 0 Å². The number of benzene rings is 1. The first-order valence-electron chi connectivity index (χ1n) is 6.74. The number of hydrogen-bond acceptors (Lipinski definition) is 2. The van der Waals surface area contributed by atoms with Gasteiger partial charge in [-0.2, -0.15) is 0 Å². The number of aromatic amines is 1. The smallest absolute Gasteiger partial charge is 0.248 e. The molecule has 0 saturated carbocycles. The van der Waals surface area contributed by atoms with E-state index < -0.39 is 0 Å². The molecule has 4 nitrogen and oxygen atoms in total. The van der Waals surface area contributed by atoms with E-state index in [2.05, 4.69) is 15.3 Å². The van der Waals surface area contributed by atoms with Crippen molar-refractivity contribution in [2.45, 2.75) is 6.92 Å². The maximum Gasteiger partial charge on any atom is 0.248 e. The molecule has 2 aromatic heterocycles. The predicted octanol–water partition coefficient (Wildman–Crippen LogP) is 3.74. The Hall–Kier alpha value is -2.88. The number of allylic oxidation sites excluding steroid dienone is 1. The summed E-state index contributed by atoms with van der Waals surface area (Å²) in [6.45, 7) is 1.81. The lowest BCUT2D eigenvalue weighted by atomic mass is 10.1. The molecule has 0 bridgehead atoms. The van der Waals surface area contributed by atoms with Crippen LogP contribution in [0.5, 0.6) is 0 Å². The molecule has 0 spiro atoms. The molecule has 0 atom stereocenters. The van der Waals surface area contributed by atoms with Crippen molar-refractivity contribution in [1.82, 2.24) is 9.97 Å². The summed E-state index contributed by atoms with van der Waals surface area (Å²) in [4.78, 5) is 19.1. The van der Waals surface area contributed by atoms with Gasteiger partial charge in [-0.15, -0.1) is 0 Å². The molecular formula is C17H15N3O. The van der Waals surface area contributed by atoms with E-state index in [1.165, 1.54) is 6.08 Å². The lowest BCUT2D eigenvalue weighted by molar-refractivity contribution is -0.111. The summed E-state index contributed by atoms with van der Waals surface area (Å²) in [5, 5.41) is 3.74. The lowest BCUT2D eigenvalue weighted by Crippen LogP contribution is -2.06. The van der Waals surface area contributed by atoms with Crippen molar-refractivity contribution in [3.8, 4) is 11.1 Å². The van der Waals surface area contributed by atoms with Gasteiger partial charge in [-0.05, 0) is 24.6 Å². The van der Waals surface area contributed by atoms with Gasteiger partial charge in [0, 0.05) is 23.3 Å². The molecule has 1 amide bonds. The quantitative estimate of drug-likeness (QED) is 0.716. The molecule has 0 aliphatic carbocycles. The van der Waals surface area contributed by atoms with E-state index in [9.17, 15) is 4.79 Å². The van der Waals surface area contributed by atoms with Crippen molar-refractivity contribution >= 4 is 22.6 Å². The molecule has 1 aromatic carbocycles. The molecule has 4 heteroatoms. The molecular weight excluding hydrogens is 262 g/mol. The number of amides is 1. The first-order valence-corrected chi connectivity index (χ1v) is 6.74. The van der Waals surface area contributed by atoms with Gasteiger partial charge < -0.3 is 10.3 Å². The van der Waals surface area contributed by atoms with E-state index in [0.29, 0.717) is 0 Å². The Morgan fingerprint density at radius 2 is 2.05 bits per heavy atom. The first kappa shape index (κ1) is 13.1. The van der Waals surface area contributed by atoms with E-state index in [-0.39, 0.29) is 5.91 Å². The summed E-state index contributed by atoms with van der Waals surface area (Å²) >= 11 is 0. The topological polar surface area (TPSA) is 57.8 Å². The lowest BCUT2D eigenvalue weighted by Gasteiger charge is -2.03. The molecule has 0 aliphatic rings. The number of hydrogen-bond donors (Lipinski definition) is 2. The van der Waals surface area contributed by atoms with Crippen LogP contribution in [0.4, 0.5) is 5.69 Å². The number of aromatic nitrogens is 2. The Kier molecular flexibility index (Phi) is 3.51. The van der Waals surface area contributed by atoms with Crippen LogP contribution in [0.15, 0.2) is 60.9 Å². The van der Waals surface area contributed by atoms with Crippen LogP contribution in [-0.4, -0.2) is 15.9 Å². The van der Waals surface area contributed by atoms with Gasteiger partial charge in [0.1, 0.15) is 5.65 Å². The zero-order chi connectivity index (χ0) is 14.7. The highest BCUT2D eigenvalue weighted by molar-refractivity contribution is 6.05. The largest absolute Gasteiger partial charge is 0.344 e. The number of H-pyrrole nitrogens is 1. The predicted molar refractivity (Wildman–Crippen MR) is 85.0 cm³/mol. The van der Waals surface area contributed by atoms with Gasteiger partial charge in [0.05, 0.1) is 5.69 Å². The molecule has 3 aromatic rings. The summed E-state index contributed by atoms with van der Waals surface area (Å²) in [6.07, 6.45) is 6.78. The zero-order valence-corrected chi connectivity index (χ0v) is 11.6. The van der Waals surface area contributed by atoms with Gasteiger partial charge >= 0.3 is 0 Å². The van der Waals surface area contributed by atoms with Crippen LogP contribution >= 0.6 is 0 Å². The number of rotatable bonds is 3. The highest BCUT2D eigenvalue weighted by Crippen LogP contribution is 2.27. The van der Waals surface area contributed by atoms with Gasteiger partial charge in [0.25, 0.3) is 0 Å². The molecule has 2 N–H and O–H groups in total. The van der Waals surface area contributed by atoms with E-state index in [1.807, 2.05) is 49.5 Å². The zero-order valence-electron chi connectivity index (χ0n) is 11.6. The fraction of sp³-hybridized carbons (Fsp3) is 0.0588. The number of nitrogens with one attached hydrogen (secondary N) is 2. The molecule has 3 rings (SSSR count). The normalized spacial score (nSPS) is 11.1. The third kappa shape index (κ3) is 2.69. The third-order valence-corrected chi connectivity index (χ3v) is 3.21. The molecule has 2 heterocycles. The van der Waals surface area contributed by atoms with E-state index in [4.69, 9.17) is 0 Å². The Labute approximate surface area is 122 Å². The minimum absolute atomic E-state index is 0.150. The Morgan fingerprint density at radius 1 is 1.24 bits per heavy atom. The highest BCUT2D eigenvalue weighted by Gasteiger charge is 2.08. The number of fused-ring (bicyclic) bond motifs is 1. The van der Waals surface area contributed by atoms with E-state index >= 15 is 0 Å². The molecule has 21 heavy (non-hydrogen) atoms. The molecule has 0 unspecified atom stereocenters. The van der Waals surface area contributed by atoms with Gasteiger partial charge in [-0.1, -0.05) is 36.4 Å². The van der Waals surface area contributed by atoms with Crippen molar-refractivity contribution in [1.29, 1.82) is 0 Å². The Bertz CT molecular complexity index is 803. The van der Waals surface area contributed by atoms with Crippen molar-refractivity contribution in [3.05, 3.63) is 60.9 Å². The summed E-state index contributed by atoms with van der Waals surface area (Å²) < 4.78 is 0. The summed E-state index contributed by atoms with van der Waals surface area (Å²) in [6, 6.07) is 12.1. The van der Waals surface area contributed by atoms with Crippen LogP contribution in [0.2, 0.25) is 0 Å². The highest BCUT2D eigenvalue weighted by atomic mass is 16.1. The summed E-state index contributed by atoms with van der Waals surface area (Å²) in [5.74, 6) is -0.150. The van der Waals surface area contributed by atoms with Crippen LogP contribution in [-0.2, 0) is 4.79 Å². The Morgan fingerprint density at radius 3 is 2.81 bits per heavy atom. The van der Waals surface area contributed by atoms with Crippen molar-refractivity contribution in [2.75, 3.05) is 5.32 Å². The van der Waals surface area contributed by atoms with E-state index in [0.717, 1.165) is 27.8 Å². The molecule has 0 saturated heterocycles. The SMILES string of the molecule is C/C=C/C(=O)Nc1c[nH]c2ncc(-c3ccccc3)cc12. The van der Waals surface area contributed by atoms with Crippen LogP contribution < -0.4 is 5.32 Å². The van der Waals surface area contributed by atoms with Gasteiger partial charge in [-0.3, -0.25) is 4.79 Å². The average molecular weight is 277 g/mol. The molecule has 0 radical (unpaired) electrons. The number of pyridine rings is 1. The summed E-state index contributed by atoms with van der Waals surface area (Å²) in [5.41, 5.74) is 3.60. The first-order chi connectivity index (χ1) is 10.3. The second-order valence-corrected chi connectivity index (χ2v) is 4.68. The minimum atomic E-state index is -0.150. The number of nitrogens with zero attached hydrogens (tertiary/aromatic N) is 1. The second-order valence-electron chi connectivity index (χ2n) is 4.68. The average Bonchev–Trinajstić information content (AvgIpc) is 2.91. The standard InChI is InChI=1S/C17H15N3O/c1-2-6-16(21)20-15-11-19-17-14(15)9-13(10-18-17)12-7-4-3-5-8-12/h2-11H,1H3,(H,18,19)(H,20,21)/b6-2+. The number of carbonyl (C=O) groups excluding carboxylic acids is 1. The molecule has 104 valence electrons. The molecule has 0 aliphatic heterocycles. The maximum atomic E-state index is 11.7. The van der Waals surface area contributed by atoms with Gasteiger partial charge in [0.2, 0.25) is 5.91 Å². The van der Waals surface area contributed by atoms with Crippen molar-refractivity contribution < 1.29 is 4.79 Å². The number of carbonyl (C=O) groups is 1. The third-order valence-electron chi connectivity index (χ3n) is 3.21.